The smallest absolute Gasteiger partial charge is 0.344 e. The first-order valence-electron chi connectivity index (χ1n) is 8.50. The van der Waals surface area contributed by atoms with Gasteiger partial charge in [0, 0.05) is 0 Å². The number of methoxy groups -OCH3 is 1. The summed E-state index contributed by atoms with van der Waals surface area (Å²) in [4.78, 5) is 35.4. The molecule has 7 nitrogen and oxygen atoms in total. The number of carbonyl (C=O) groups excluding carboxylic acids is 3. The summed E-state index contributed by atoms with van der Waals surface area (Å²) in [5.74, 6) is -1.31. The molecule has 0 unspecified atom stereocenters. The van der Waals surface area contributed by atoms with Gasteiger partial charge < -0.3 is 19.5 Å². The van der Waals surface area contributed by atoms with E-state index in [0.29, 0.717) is 12.2 Å². The third-order valence-corrected chi connectivity index (χ3v) is 3.90. The van der Waals surface area contributed by atoms with Gasteiger partial charge in [0.05, 0.1) is 7.11 Å². The van der Waals surface area contributed by atoms with Crippen LogP contribution >= 0.6 is 0 Å². The molecule has 7 heteroatoms. The number of aryl methyl sites for hydroxylation is 2. The molecule has 1 rings (SSSR count). The maximum Gasteiger partial charge on any atom is 0.344 e. The van der Waals surface area contributed by atoms with Crippen LogP contribution in [0.25, 0.3) is 0 Å². The van der Waals surface area contributed by atoms with Gasteiger partial charge in [-0.2, -0.15) is 0 Å². The van der Waals surface area contributed by atoms with Gasteiger partial charge in [0.2, 0.25) is 0 Å². The highest BCUT2D eigenvalue weighted by atomic mass is 16.6. The van der Waals surface area contributed by atoms with E-state index >= 15 is 0 Å². The van der Waals surface area contributed by atoms with Crippen LogP contribution in [0.2, 0.25) is 0 Å². The van der Waals surface area contributed by atoms with E-state index < -0.39 is 30.5 Å². The number of carbonyl (C=O) groups is 3. The first-order chi connectivity index (χ1) is 12.3. The zero-order valence-electron chi connectivity index (χ0n) is 16.0. The van der Waals surface area contributed by atoms with Gasteiger partial charge in [-0.15, -0.1) is 0 Å². The molecule has 0 aromatic heterocycles. The second-order valence-electron chi connectivity index (χ2n) is 6.23. The Balaban J connectivity index is 2.45. The average Bonchev–Trinajstić information content (AvgIpc) is 2.60. The number of ether oxygens (including phenoxy) is 3. The standard InChI is InChI=1S/C19H27NO6/c1-6-14(4)18(19(23)24-5)20-16(21)10-26-17(22)11-25-15-8-12(2)7-13(3)9-15/h7-9,14,18H,6,10-11H2,1-5H3,(H,20,21)/t14-,18+/m0/s1. The normalized spacial score (nSPS) is 12.7. The lowest BCUT2D eigenvalue weighted by molar-refractivity contribution is -0.152. The third-order valence-electron chi connectivity index (χ3n) is 3.90. The number of benzene rings is 1. The van der Waals surface area contributed by atoms with Crippen molar-refractivity contribution in [3.05, 3.63) is 29.3 Å². The van der Waals surface area contributed by atoms with Crippen LogP contribution < -0.4 is 10.1 Å². The first kappa shape index (κ1) is 21.5. The zero-order valence-corrected chi connectivity index (χ0v) is 16.0. The highest BCUT2D eigenvalue weighted by Gasteiger charge is 2.26. The average molecular weight is 365 g/mol. The molecule has 0 aliphatic carbocycles. The van der Waals surface area contributed by atoms with Gasteiger partial charge in [-0.25, -0.2) is 9.59 Å². The Hall–Kier alpha value is -2.57. The molecule has 0 saturated heterocycles. The second-order valence-corrected chi connectivity index (χ2v) is 6.23. The highest BCUT2D eigenvalue weighted by molar-refractivity contribution is 5.86. The van der Waals surface area contributed by atoms with Crippen molar-refractivity contribution < 1.29 is 28.6 Å². The lowest BCUT2D eigenvalue weighted by Crippen LogP contribution is -2.47. The predicted octanol–water partition coefficient (Wildman–Crippen LogP) is 1.93. The van der Waals surface area contributed by atoms with Gasteiger partial charge in [-0.1, -0.05) is 26.3 Å². The van der Waals surface area contributed by atoms with E-state index in [1.807, 2.05) is 33.8 Å². The molecule has 0 heterocycles. The maximum atomic E-state index is 11.9. The van der Waals surface area contributed by atoms with Gasteiger partial charge in [0.15, 0.2) is 13.2 Å². The summed E-state index contributed by atoms with van der Waals surface area (Å²) in [6.07, 6.45) is 0.684. The minimum Gasteiger partial charge on any atom is -0.482 e. The molecular weight excluding hydrogens is 338 g/mol. The Kier molecular flexibility index (Phi) is 8.61. The van der Waals surface area contributed by atoms with E-state index in [-0.39, 0.29) is 12.5 Å². The van der Waals surface area contributed by atoms with E-state index in [1.54, 1.807) is 12.1 Å². The van der Waals surface area contributed by atoms with Gasteiger partial charge in [0.25, 0.3) is 5.91 Å². The largest absolute Gasteiger partial charge is 0.482 e. The fourth-order valence-electron chi connectivity index (χ4n) is 2.36. The van der Waals surface area contributed by atoms with Crippen molar-refractivity contribution in [2.45, 2.75) is 40.2 Å². The van der Waals surface area contributed by atoms with E-state index in [2.05, 4.69) is 10.1 Å². The summed E-state index contributed by atoms with van der Waals surface area (Å²) >= 11 is 0. The molecule has 0 spiro atoms. The molecule has 2 atom stereocenters. The summed E-state index contributed by atoms with van der Waals surface area (Å²) < 4.78 is 14.9. The van der Waals surface area contributed by atoms with E-state index in [9.17, 15) is 14.4 Å². The van der Waals surface area contributed by atoms with Crippen LogP contribution in [0.3, 0.4) is 0 Å². The van der Waals surface area contributed by atoms with Crippen LogP contribution in [-0.4, -0.2) is 44.2 Å². The summed E-state index contributed by atoms with van der Waals surface area (Å²) in [6.45, 7) is 6.79. The summed E-state index contributed by atoms with van der Waals surface area (Å²) in [5, 5.41) is 2.53. The molecule has 0 saturated carbocycles. The molecule has 1 N–H and O–H groups in total. The summed E-state index contributed by atoms with van der Waals surface area (Å²) in [5.41, 5.74) is 2.04. The van der Waals surface area contributed by atoms with Gasteiger partial charge in [-0.05, 0) is 43.0 Å². The molecule has 1 amide bonds. The molecule has 26 heavy (non-hydrogen) atoms. The number of nitrogens with one attached hydrogen (secondary N) is 1. The fourth-order valence-corrected chi connectivity index (χ4v) is 2.36. The van der Waals surface area contributed by atoms with Crippen molar-refractivity contribution >= 4 is 17.8 Å². The lowest BCUT2D eigenvalue weighted by atomic mass is 9.99. The Bertz CT molecular complexity index is 623. The van der Waals surface area contributed by atoms with Gasteiger partial charge in [-0.3, -0.25) is 4.79 Å². The zero-order chi connectivity index (χ0) is 19.7. The van der Waals surface area contributed by atoms with Crippen molar-refractivity contribution in [3.8, 4) is 5.75 Å². The van der Waals surface area contributed by atoms with Crippen molar-refractivity contribution in [3.63, 3.8) is 0 Å². The van der Waals surface area contributed by atoms with Crippen LogP contribution in [0.1, 0.15) is 31.4 Å². The quantitative estimate of drug-likeness (QED) is 0.673. The SMILES string of the molecule is CC[C@H](C)[C@@H](NC(=O)COC(=O)COc1cc(C)cc(C)c1)C(=O)OC. The predicted molar refractivity (Wildman–Crippen MR) is 95.8 cm³/mol. The van der Waals surface area contributed by atoms with Crippen LogP contribution in [0.15, 0.2) is 18.2 Å². The first-order valence-corrected chi connectivity index (χ1v) is 8.50. The molecule has 0 fully saturated rings. The van der Waals surface area contributed by atoms with Crippen LogP contribution in [-0.2, 0) is 23.9 Å². The summed E-state index contributed by atoms with van der Waals surface area (Å²) in [6, 6.07) is 4.83. The van der Waals surface area contributed by atoms with E-state index in [1.165, 1.54) is 7.11 Å². The van der Waals surface area contributed by atoms with Gasteiger partial charge >= 0.3 is 11.9 Å². The van der Waals surface area contributed by atoms with Crippen molar-refractivity contribution in [1.82, 2.24) is 5.32 Å². The van der Waals surface area contributed by atoms with Crippen molar-refractivity contribution in [2.75, 3.05) is 20.3 Å². The molecule has 1 aromatic carbocycles. The Morgan fingerprint density at radius 1 is 1.08 bits per heavy atom. The highest BCUT2D eigenvalue weighted by Crippen LogP contribution is 2.16. The van der Waals surface area contributed by atoms with Crippen molar-refractivity contribution in [2.24, 2.45) is 5.92 Å². The second kappa shape index (κ2) is 10.4. The molecule has 1 aromatic rings. The number of hydrogen-bond donors (Lipinski definition) is 1. The van der Waals surface area contributed by atoms with Crippen molar-refractivity contribution in [1.29, 1.82) is 0 Å². The lowest BCUT2D eigenvalue weighted by Gasteiger charge is -2.21. The van der Waals surface area contributed by atoms with Gasteiger partial charge in [0.1, 0.15) is 11.8 Å². The Morgan fingerprint density at radius 3 is 2.23 bits per heavy atom. The molecule has 0 radical (unpaired) electrons. The monoisotopic (exact) mass is 365 g/mol. The minimum atomic E-state index is -0.775. The third kappa shape index (κ3) is 7.13. The Labute approximate surface area is 154 Å². The number of hydrogen-bond acceptors (Lipinski definition) is 6. The van der Waals surface area contributed by atoms with Crippen LogP contribution in [0, 0.1) is 19.8 Å². The fraction of sp³-hybridized carbons (Fsp3) is 0.526. The summed E-state index contributed by atoms with van der Waals surface area (Å²) in [7, 11) is 1.26. The maximum absolute atomic E-state index is 11.9. The van der Waals surface area contributed by atoms with E-state index in [0.717, 1.165) is 11.1 Å². The molecule has 0 aliphatic rings. The number of amides is 1. The number of rotatable bonds is 9. The molecular formula is C19H27NO6. The molecule has 144 valence electrons. The van der Waals surface area contributed by atoms with E-state index in [4.69, 9.17) is 9.47 Å². The number of esters is 2. The molecule has 0 bridgehead atoms. The van der Waals surface area contributed by atoms with Crippen LogP contribution in [0.4, 0.5) is 0 Å². The van der Waals surface area contributed by atoms with Crippen LogP contribution in [0.5, 0.6) is 5.75 Å². The molecule has 0 aliphatic heterocycles. The topological polar surface area (TPSA) is 90.9 Å². The minimum absolute atomic E-state index is 0.102. The Morgan fingerprint density at radius 2 is 1.69 bits per heavy atom.